The zero-order chi connectivity index (χ0) is 14.1. The van der Waals surface area contributed by atoms with Crippen LogP contribution in [0.5, 0.6) is 0 Å². The lowest BCUT2D eigenvalue weighted by atomic mass is 10.3. The van der Waals surface area contributed by atoms with E-state index in [-0.39, 0.29) is 0 Å². The summed E-state index contributed by atoms with van der Waals surface area (Å²) >= 11 is 3.46. The number of aromatic nitrogens is 3. The number of benzene rings is 1. The molecule has 0 spiro atoms. The highest BCUT2D eigenvalue weighted by molar-refractivity contribution is 9.10. The Balaban J connectivity index is 1.83. The molecule has 5 heteroatoms. The molecule has 0 atom stereocenters. The maximum atomic E-state index is 4.55. The van der Waals surface area contributed by atoms with Crippen LogP contribution in [0.3, 0.4) is 0 Å². The van der Waals surface area contributed by atoms with Crippen molar-refractivity contribution in [1.82, 2.24) is 14.4 Å². The first-order valence-electron chi connectivity index (χ1n) is 6.43. The van der Waals surface area contributed by atoms with E-state index in [0.717, 1.165) is 33.0 Å². The summed E-state index contributed by atoms with van der Waals surface area (Å²) in [5, 5.41) is 3.36. The number of rotatable bonds is 3. The molecule has 0 bridgehead atoms. The fraction of sp³-hybridized carbons (Fsp3) is 0.200. The molecule has 1 aromatic carbocycles. The van der Waals surface area contributed by atoms with Gasteiger partial charge in [-0.2, -0.15) is 0 Å². The molecule has 2 heterocycles. The average molecular weight is 331 g/mol. The second-order valence-electron chi connectivity index (χ2n) is 4.81. The second-order valence-corrected chi connectivity index (χ2v) is 5.72. The van der Waals surface area contributed by atoms with Crippen molar-refractivity contribution in [3.63, 3.8) is 0 Å². The zero-order valence-electron chi connectivity index (χ0n) is 11.4. The third-order valence-electron chi connectivity index (χ3n) is 3.11. The Morgan fingerprint density at radius 1 is 1.20 bits per heavy atom. The molecule has 3 aromatic rings. The highest BCUT2D eigenvalue weighted by Gasteiger charge is 2.05. The van der Waals surface area contributed by atoms with Crippen LogP contribution in [0.25, 0.3) is 5.78 Å². The van der Waals surface area contributed by atoms with Gasteiger partial charge in [-0.1, -0.05) is 22.0 Å². The van der Waals surface area contributed by atoms with Gasteiger partial charge >= 0.3 is 0 Å². The van der Waals surface area contributed by atoms with Crippen LogP contribution in [0.1, 0.15) is 17.1 Å². The molecular formula is C15H15BrN4. The van der Waals surface area contributed by atoms with Gasteiger partial charge in [-0.25, -0.2) is 9.97 Å². The van der Waals surface area contributed by atoms with E-state index in [4.69, 9.17) is 0 Å². The lowest BCUT2D eigenvalue weighted by Gasteiger charge is -2.04. The standard InChI is InChI=1S/C15H15BrN4/c1-10-6-11(2)20-9-14(19-15(20)18-10)8-17-13-5-3-4-12(16)7-13/h3-7,9,17H,8H2,1-2H3. The van der Waals surface area contributed by atoms with E-state index in [1.54, 1.807) is 0 Å². The lowest BCUT2D eigenvalue weighted by molar-refractivity contribution is 1.01. The third-order valence-corrected chi connectivity index (χ3v) is 3.60. The maximum absolute atomic E-state index is 4.55. The topological polar surface area (TPSA) is 42.2 Å². The van der Waals surface area contributed by atoms with Crippen molar-refractivity contribution in [2.24, 2.45) is 0 Å². The van der Waals surface area contributed by atoms with Crippen molar-refractivity contribution < 1.29 is 0 Å². The number of hydrogen-bond donors (Lipinski definition) is 1. The van der Waals surface area contributed by atoms with E-state index in [1.807, 2.05) is 41.8 Å². The number of imidazole rings is 1. The lowest BCUT2D eigenvalue weighted by Crippen LogP contribution is -1.99. The number of nitrogens with one attached hydrogen (secondary N) is 1. The third kappa shape index (κ3) is 2.67. The predicted molar refractivity (Wildman–Crippen MR) is 83.9 cm³/mol. The minimum absolute atomic E-state index is 0.679. The van der Waals surface area contributed by atoms with Gasteiger partial charge in [-0.3, -0.25) is 4.40 Å². The smallest absolute Gasteiger partial charge is 0.234 e. The van der Waals surface area contributed by atoms with Gasteiger partial charge < -0.3 is 5.32 Å². The van der Waals surface area contributed by atoms with E-state index in [0.29, 0.717) is 6.54 Å². The van der Waals surface area contributed by atoms with Crippen molar-refractivity contribution in [3.8, 4) is 0 Å². The molecule has 0 aliphatic rings. The SMILES string of the molecule is Cc1cc(C)n2cc(CNc3cccc(Br)c3)nc2n1. The van der Waals surface area contributed by atoms with Crippen LogP contribution in [0.2, 0.25) is 0 Å². The molecule has 0 radical (unpaired) electrons. The Kier molecular flexibility index (Phi) is 3.44. The zero-order valence-corrected chi connectivity index (χ0v) is 13.0. The first-order valence-corrected chi connectivity index (χ1v) is 7.23. The summed E-state index contributed by atoms with van der Waals surface area (Å²) < 4.78 is 3.08. The van der Waals surface area contributed by atoms with Gasteiger partial charge in [0.1, 0.15) is 0 Å². The number of aryl methyl sites for hydroxylation is 2. The average Bonchev–Trinajstić information content (AvgIpc) is 2.80. The van der Waals surface area contributed by atoms with Crippen LogP contribution in [-0.4, -0.2) is 14.4 Å². The van der Waals surface area contributed by atoms with E-state index < -0.39 is 0 Å². The molecule has 0 unspecified atom stereocenters. The fourth-order valence-electron chi connectivity index (χ4n) is 2.19. The Bertz CT molecular complexity index is 764. The number of nitrogens with zero attached hydrogens (tertiary/aromatic N) is 3. The number of halogens is 1. The van der Waals surface area contributed by atoms with Crippen molar-refractivity contribution in [2.75, 3.05) is 5.32 Å². The molecule has 4 nitrogen and oxygen atoms in total. The molecule has 0 fully saturated rings. The molecule has 20 heavy (non-hydrogen) atoms. The van der Waals surface area contributed by atoms with Crippen LogP contribution < -0.4 is 5.32 Å². The van der Waals surface area contributed by atoms with Gasteiger partial charge in [0.2, 0.25) is 5.78 Å². The molecule has 2 aromatic heterocycles. The molecule has 0 aliphatic heterocycles. The van der Waals surface area contributed by atoms with Crippen LogP contribution in [0.4, 0.5) is 5.69 Å². The molecule has 102 valence electrons. The molecule has 0 saturated heterocycles. The highest BCUT2D eigenvalue weighted by Crippen LogP contribution is 2.16. The molecular weight excluding hydrogens is 316 g/mol. The van der Waals surface area contributed by atoms with E-state index in [2.05, 4.69) is 44.2 Å². The number of fused-ring (bicyclic) bond motifs is 1. The summed E-state index contributed by atoms with van der Waals surface area (Å²) in [6, 6.07) is 10.1. The second kappa shape index (κ2) is 5.25. The Morgan fingerprint density at radius 2 is 2.05 bits per heavy atom. The van der Waals surface area contributed by atoms with Crippen molar-refractivity contribution in [2.45, 2.75) is 20.4 Å². The first kappa shape index (κ1) is 13.1. The Hall–Kier alpha value is -1.88. The van der Waals surface area contributed by atoms with E-state index in [9.17, 15) is 0 Å². The van der Waals surface area contributed by atoms with Crippen molar-refractivity contribution in [1.29, 1.82) is 0 Å². The predicted octanol–water partition coefficient (Wildman–Crippen LogP) is 3.72. The van der Waals surface area contributed by atoms with Gasteiger partial charge in [0, 0.05) is 27.7 Å². The van der Waals surface area contributed by atoms with E-state index >= 15 is 0 Å². The highest BCUT2D eigenvalue weighted by atomic mass is 79.9. The first-order chi connectivity index (χ1) is 9.61. The van der Waals surface area contributed by atoms with Crippen LogP contribution in [0.15, 0.2) is 41.0 Å². The monoisotopic (exact) mass is 330 g/mol. The Labute approximate surface area is 126 Å². The van der Waals surface area contributed by atoms with Gasteiger partial charge in [-0.15, -0.1) is 0 Å². The quantitative estimate of drug-likeness (QED) is 0.795. The summed E-state index contributed by atoms with van der Waals surface area (Å²) in [4.78, 5) is 8.99. The summed E-state index contributed by atoms with van der Waals surface area (Å²) in [6.07, 6.45) is 2.03. The summed E-state index contributed by atoms with van der Waals surface area (Å²) in [6.45, 7) is 4.73. The fourth-order valence-corrected chi connectivity index (χ4v) is 2.59. The minimum atomic E-state index is 0.679. The number of anilines is 1. The Morgan fingerprint density at radius 3 is 2.85 bits per heavy atom. The minimum Gasteiger partial charge on any atom is -0.379 e. The van der Waals surface area contributed by atoms with Crippen LogP contribution in [-0.2, 0) is 6.54 Å². The molecule has 1 N–H and O–H groups in total. The van der Waals surface area contributed by atoms with Crippen molar-refractivity contribution >= 4 is 27.4 Å². The number of hydrogen-bond acceptors (Lipinski definition) is 3. The largest absolute Gasteiger partial charge is 0.379 e. The summed E-state index contributed by atoms with van der Waals surface area (Å²) in [5.41, 5.74) is 4.18. The van der Waals surface area contributed by atoms with Gasteiger partial charge in [0.25, 0.3) is 0 Å². The molecule has 3 rings (SSSR count). The maximum Gasteiger partial charge on any atom is 0.234 e. The van der Waals surface area contributed by atoms with E-state index in [1.165, 1.54) is 0 Å². The van der Waals surface area contributed by atoms with Crippen LogP contribution in [0, 0.1) is 13.8 Å². The van der Waals surface area contributed by atoms with Gasteiger partial charge in [0.15, 0.2) is 0 Å². The molecule has 0 amide bonds. The van der Waals surface area contributed by atoms with Crippen LogP contribution >= 0.6 is 15.9 Å². The molecule has 0 aliphatic carbocycles. The summed E-state index contributed by atoms with van der Waals surface area (Å²) in [5.74, 6) is 0.758. The van der Waals surface area contributed by atoms with Crippen molar-refractivity contribution in [3.05, 3.63) is 58.1 Å². The summed E-state index contributed by atoms with van der Waals surface area (Å²) in [7, 11) is 0. The van der Waals surface area contributed by atoms with Gasteiger partial charge in [-0.05, 0) is 38.1 Å². The van der Waals surface area contributed by atoms with Gasteiger partial charge in [0.05, 0.1) is 12.2 Å². The molecule has 0 saturated carbocycles. The normalized spacial score (nSPS) is 10.9.